The van der Waals surface area contributed by atoms with Crippen molar-refractivity contribution in [2.24, 2.45) is 0 Å². The highest BCUT2D eigenvalue weighted by Crippen LogP contribution is 2.17. The second kappa shape index (κ2) is 8.87. The first-order valence-electron chi connectivity index (χ1n) is 8.51. The number of unbranched alkanes of at least 4 members (excludes halogenated alkanes) is 1. The normalized spacial score (nSPS) is 10.8. The molecule has 0 fully saturated rings. The monoisotopic (exact) mass is 352 g/mol. The maximum Gasteiger partial charge on any atom is 0.269 e. The van der Waals surface area contributed by atoms with Crippen molar-refractivity contribution in [3.8, 4) is 5.75 Å². The van der Waals surface area contributed by atoms with Gasteiger partial charge < -0.3 is 10.1 Å². The Morgan fingerprint density at radius 1 is 1.04 bits per heavy atom. The van der Waals surface area contributed by atoms with Crippen LogP contribution in [0.5, 0.6) is 5.75 Å². The highest BCUT2D eigenvalue weighted by molar-refractivity contribution is 5.73. The Morgan fingerprint density at radius 3 is 2.58 bits per heavy atom. The topological polar surface area (TPSA) is 90.2 Å². The molecule has 0 unspecified atom stereocenters. The second-order valence-corrected chi connectivity index (χ2v) is 5.83. The number of fused-ring (bicyclic) bond motifs is 1. The molecule has 3 rings (SSSR count). The summed E-state index contributed by atoms with van der Waals surface area (Å²) in [7, 11) is 0. The van der Waals surface area contributed by atoms with Gasteiger partial charge in [0.05, 0.1) is 34.5 Å². The van der Waals surface area contributed by atoms with E-state index in [0.29, 0.717) is 18.9 Å². The molecule has 0 bridgehead atoms. The first-order valence-corrected chi connectivity index (χ1v) is 8.51. The summed E-state index contributed by atoms with van der Waals surface area (Å²) < 4.78 is 5.58. The Kier molecular flexibility index (Phi) is 6.05. The summed E-state index contributed by atoms with van der Waals surface area (Å²) in [5.41, 5.74) is 2.80. The molecule has 1 N–H and O–H groups in total. The van der Waals surface area contributed by atoms with Crippen molar-refractivity contribution in [2.45, 2.75) is 19.4 Å². The predicted octanol–water partition coefficient (Wildman–Crippen LogP) is 3.49. The summed E-state index contributed by atoms with van der Waals surface area (Å²) >= 11 is 0. The van der Waals surface area contributed by atoms with Crippen LogP contribution in [0.25, 0.3) is 11.0 Å². The van der Waals surface area contributed by atoms with Crippen molar-refractivity contribution < 1.29 is 9.66 Å². The Hall–Kier alpha value is -3.06. The second-order valence-electron chi connectivity index (χ2n) is 5.83. The number of ether oxygens (including phenoxy) is 1. The zero-order chi connectivity index (χ0) is 18.2. The number of hydrogen-bond acceptors (Lipinski definition) is 6. The van der Waals surface area contributed by atoms with Crippen LogP contribution < -0.4 is 10.1 Å². The van der Waals surface area contributed by atoms with Gasteiger partial charge in [-0.1, -0.05) is 12.1 Å². The van der Waals surface area contributed by atoms with E-state index in [1.165, 1.54) is 12.1 Å². The lowest BCUT2D eigenvalue weighted by Gasteiger charge is -2.07. The number of nitro benzene ring substituents is 1. The minimum Gasteiger partial charge on any atom is -0.494 e. The molecule has 0 aliphatic rings. The van der Waals surface area contributed by atoms with E-state index in [-0.39, 0.29) is 5.69 Å². The molecular weight excluding hydrogens is 332 g/mol. The van der Waals surface area contributed by atoms with Crippen molar-refractivity contribution in [1.82, 2.24) is 15.3 Å². The van der Waals surface area contributed by atoms with E-state index in [4.69, 9.17) is 4.74 Å². The third-order valence-electron chi connectivity index (χ3n) is 3.87. The largest absolute Gasteiger partial charge is 0.494 e. The molecule has 1 heterocycles. The van der Waals surface area contributed by atoms with Gasteiger partial charge in [-0.05, 0) is 43.7 Å². The number of hydrogen-bond donors (Lipinski definition) is 1. The molecule has 0 spiro atoms. The number of rotatable bonds is 9. The third-order valence-corrected chi connectivity index (χ3v) is 3.87. The van der Waals surface area contributed by atoms with E-state index in [2.05, 4.69) is 15.3 Å². The smallest absolute Gasteiger partial charge is 0.269 e. The van der Waals surface area contributed by atoms with E-state index in [9.17, 15) is 10.1 Å². The molecule has 0 amide bonds. The van der Waals surface area contributed by atoms with Gasteiger partial charge >= 0.3 is 0 Å². The fraction of sp³-hybridized carbons (Fsp3) is 0.263. The van der Waals surface area contributed by atoms with Gasteiger partial charge in [-0.2, -0.15) is 0 Å². The molecule has 3 aromatic rings. The number of benzene rings is 2. The van der Waals surface area contributed by atoms with Crippen molar-refractivity contribution in [3.63, 3.8) is 0 Å². The lowest BCUT2D eigenvalue weighted by atomic mass is 10.3. The summed E-state index contributed by atoms with van der Waals surface area (Å²) in [5, 5.41) is 13.9. The number of nitrogens with one attached hydrogen (secondary N) is 1. The third kappa shape index (κ3) is 4.97. The average molecular weight is 352 g/mol. The summed E-state index contributed by atoms with van der Waals surface area (Å²) in [6, 6.07) is 13.9. The zero-order valence-corrected chi connectivity index (χ0v) is 14.3. The van der Waals surface area contributed by atoms with Crippen LogP contribution in [-0.4, -0.2) is 28.0 Å². The Balaban J connectivity index is 1.32. The minimum absolute atomic E-state index is 0.0679. The first kappa shape index (κ1) is 17.8. The van der Waals surface area contributed by atoms with E-state index in [0.717, 1.165) is 36.1 Å². The predicted molar refractivity (Wildman–Crippen MR) is 99.1 cm³/mol. The van der Waals surface area contributed by atoms with Gasteiger partial charge in [-0.15, -0.1) is 0 Å². The Labute approximate surface area is 151 Å². The van der Waals surface area contributed by atoms with Gasteiger partial charge in [0.1, 0.15) is 5.75 Å². The highest BCUT2D eigenvalue weighted by Gasteiger charge is 2.04. The van der Waals surface area contributed by atoms with Gasteiger partial charge in [0.25, 0.3) is 5.69 Å². The van der Waals surface area contributed by atoms with Crippen molar-refractivity contribution in [2.75, 3.05) is 13.2 Å². The van der Waals surface area contributed by atoms with Crippen LogP contribution in [0, 0.1) is 10.1 Å². The number of nitro groups is 1. The molecule has 26 heavy (non-hydrogen) atoms. The van der Waals surface area contributed by atoms with E-state index in [1.807, 2.05) is 24.3 Å². The molecule has 7 heteroatoms. The lowest BCUT2D eigenvalue weighted by Crippen LogP contribution is -2.16. The number of nitrogens with zero attached hydrogens (tertiary/aromatic N) is 3. The zero-order valence-electron chi connectivity index (χ0n) is 14.3. The van der Waals surface area contributed by atoms with Crippen LogP contribution in [0.1, 0.15) is 18.5 Å². The van der Waals surface area contributed by atoms with Gasteiger partial charge in [-0.3, -0.25) is 15.1 Å². The van der Waals surface area contributed by atoms with Crippen molar-refractivity contribution in [1.29, 1.82) is 0 Å². The first-order chi connectivity index (χ1) is 12.7. The molecule has 7 nitrogen and oxygen atoms in total. The quantitative estimate of drug-likeness (QED) is 0.360. The molecule has 0 saturated heterocycles. The van der Waals surface area contributed by atoms with Gasteiger partial charge in [-0.25, -0.2) is 4.98 Å². The molecular formula is C19H20N4O3. The molecule has 0 atom stereocenters. The molecule has 0 aliphatic heterocycles. The molecule has 2 aromatic carbocycles. The van der Waals surface area contributed by atoms with Gasteiger partial charge in [0, 0.05) is 18.7 Å². The fourth-order valence-electron chi connectivity index (χ4n) is 2.50. The van der Waals surface area contributed by atoms with Crippen LogP contribution in [0.3, 0.4) is 0 Å². The summed E-state index contributed by atoms with van der Waals surface area (Å²) in [6.07, 6.45) is 3.66. The standard InChI is InChI=1S/C19H20N4O3/c24-23(25)16-7-9-17(10-8-16)26-12-4-3-11-20-13-15-14-21-18-5-1-2-6-19(18)22-15/h1-2,5-10,14,20H,3-4,11-13H2. The van der Waals surface area contributed by atoms with E-state index >= 15 is 0 Å². The van der Waals surface area contributed by atoms with Crippen LogP contribution in [-0.2, 0) is 6.54 Å². The minimum atomic E-state index is -0.421. The van der Waals surface area contributed by atoms with Crippen LogP contribution in [0.2, 0.25) is 0 Å². The lowest BCUT2D eigenvalue weighted by molar-refractivity contribution is -0.384. The van der Waals surface area contributed by atoms with Crippen LogP contribution >= 0.6 is 0 Å². The molecule has 0 saturated carbocycles. The number of para-hydroxylation sites is 2. The van der Waals surface area contributed by atoms with E-state index < -0.39 is 4.92 Å². The van der Waals surface area contributed by atoms with E-state index in [1.54, 1.807) is 18.3 Å². The van der Waals surface area contributed by atoms with Crippen LogP contribution in [0.15, 0.2) is 54.7 Å². The summed E-state index contributed by atoms with van der Waals surface area (Å²) in [6.45, 7) is 2.12. The Morgan fingerprint density at radius 2 is 1.81 bits per heavy atom. The number of aromatic nitrogens is 2. The van der Waals surface area contributed by atoms with Crippen molar-refractivity contribution >= 4 is 16.7 Å². The summed E-state index contributed by atoms with van der Waals surface area (Å²) in [4.78, 5) is 19.1. The highest BCUT2D eigenvalue weighted by atomic mass is 16.6. The maximum absolute atomic E-state index is 10.6. The SMILES string of the molecule is O=[N+]([O-])c1ccc(OCCCCNCc2cnc3ccccc3n2)cc1. The maximum atomic E-state index is 10.6. The van der Waals surface area contributed by atoms with Crippen molar-refractivity contribution in [3.05, 3.63) is 70.5 Å². The summed E-state index contributed by atoms with van der Waals surface area (Å²) in [5.74, 6) is 0.648. The average Bonchev–Trinajstić information content (AvgIpc) is 2.67. The van der Waals surface area contributed by atoms with Gasteiger partial charge in [0.2, 0.25) is 0 Å². The fourth-order valence-corrected chi connectivity index (χ4v) is 2.50. The molecule has 0 aliphatic carbocycles. The Bertz CT molecular complexity index is 868. The molecule has 0 radical (unpaired) electrons. The van der Waals surface area contributed by atoms with Crippen LogP contribution in [0.4, 0.5) is 5.69 Å². The molecule has 134 valence electrons. The van der Waals surface area contributed by atoms with Gasteiger partial charge in [0.15, 0.2) is 0 Å². The number of non-ortho nitro benzene ring substituents is 1. The molecule has 1 aromatic heterocycles.